The van der Waals surface area contributed by atoms with Crippen molar-refractivity contribution in [3.05, 3.63) is 421 Å². The molecule has 2 spiro atoms. The third-order valence-electron chi connectivity index (χ3n) is 21.8. The van der Waals surface area contributed by atoms with Crippen LogP contribution in [0.4, 0.5) is 0 Å². The van der Waals surface area contributed by atoms with Gasteiger partial charge < -0.3 is 28.1 Å². The predicted molar refractivity (Wildman–Crippen MR) is 420 cm³/mol. The Morgan fingerprint density at radius 1 is 0.192 bits per heavy atom. The van der Waals surface area contributed by atoms with Crippen molar-refractivity contribution in [3.8, 4) is 102 Å². The van der Waals surface area contributed by atoms with Gasteiger partial charge in [0.15, 0.2) is 0 Å². The number of para-hydroxylation sites is 9. The van der Waals surface area contributed by atoms with Crippen LogP contribution >= 0.6 is 0 Å². The van der Waals surface area contributed by atoms with Crippen molar-refractivity contribution >= 4 is 43.6 Å². The molecule has 0 amide bonds. The number of nitrogens with zero attached hydrogens (tertiary/aromatic N) is 2. The summed E-state index contributed by atoms with van der Waals surface area (Å²) in [5, 5.41) is 4.89. The summed E-state index contributed by atoms with van der Waals surface area (Å²) < 4.78 is 32.3. The smallest absolute Gasteiger partial charge is 0.140 e. The fraction of sp³-hybridized carbons (Fsp3) is 0.0204. The quantitative estimate of drug-likeness (QED) is 0.166. The van der Waals surface area contributed by atoms with Gasteiger partial charge in [0, 0.05) is 83.0 Å². The molecular weight excluding hydrogens is 1270 g/mol. The van der Waals surface area contributed by atoms with Crippen molar-refractivity contribution in [2.24, 2.45) is 0 Å². The Labute approximate surface area is 601 Å². The first-order valence-electron chi connectivity index (χ1n) is 35.5. The molecule has 2 atom stereocenters. The highest BCUT2D eigenvalue weighted by Crippen LogP contribution is 2.65. The van der Waals surface area contributed by atoms with Crippen LogP contribution < -0.4 is 18.9 Å². The molecule has 22 rings (SSSR count). The van der Waals surface area contributed by atoms with E-state index in [2.05, 4.69) is 385 Å². The second kappa shape index (κ2) is 23.5. The lowest BCUT2D eigenvalue weighted by Crippen LogP contribution is -2.37. The van der Waals surface area contributed by atoms with Crippen LogP contribution in [0.15, 0.2) is 376 Å². The molecule has 0 bridgehead atoms. The molecule has 16 aromatic carbocycles. The third kappa shape index (κ3) is 8.76. The summed E-state index contributed by atoms with van der Waals surface area (Å²) in [6.45, 7) is 0. The number of fused-ring (bicyclic) bond motifs is 22. The van der Waals surface area contributed by atoms with Gasteiger partial charge in [-0.3, -0.25) is 0 Å². The zero-order chi connectivity index (χ0) is 68.5. The highest BCUT2D eigenvalue weighted by molar-refractivity contribution is 6.17. The van der Waals surface area contributed by atoms with Crippen LogP contribution in [0.5, 0.6) is 46.0 Å². The Kier molecular flexibility index (Phi) is 13.4. The molecule has 2 unspecified atom stereocenters. The van der Waals surface area contributed by atoms with Gasteiger partial charge in [0.1, 0.15) is 46.0 Å². The van der Waals surface area contributed by atoms with Crippen molar-refractivity contribution in [1.29, 1.82) is 0 Å². The van der Waals surface area contributed by atoms with Gasteiger partial charge >= 0.3 is 0 Å². The van der Waals surface area contributed by atoms with E-state index >= 15 is 0 Å². The van der Waals surface area contributed by atoms with Crippen molar-refractivity contribution in [2.75, 3.05) is 0 Å². The van der Waals surface area contributed by atoms with Gasteiger partial charge in [-0.15, -0.1) is 0 Å². The van der Waals surface area contributed by atoms with Crippen LogP contribution in [0.1, 0.15) is 44.5 Å². The van der Waals surface area contributed by atoms with E-state index in [1.165, 1.54) is 54.7 Å². The summed E-state index contributed by atoms with van der Waals surface area (Å²) in [6.07, 6.45) is 0. The summed E-state index contributed by atoms with van der Waals surface area (Å²) in [5.41, 5.74) is 23.5. The van der Waals surface area contributed by atoms with Crippen LogP contribution in [0.2, 0.25) is 0 Å². The highest BCUT2D eigenvalue weighted by atomic mass is 16.5. The van der Waals surface area contributed by atoms with Crippen molar-refractivity contribution in [1.82, 2.24) is 9.13 Å². The van der Waals surface area contributed by atoms with E-state index in [1.807, 2.05) is 0 Å². The average molecular weight is 1330 g/mol. The summed E-state index contributed by atoms with van der Waals surface area (Å²) >= 11 is 0. The van der Waals surface area contributed by atoms with Gasteiger partial charge in [0.05, 0.1) is 32.9 Å². The van der Waals surface area contributed by atoms with Gasteiger partial charge in [-0.05, 0) is 130 Å². The Hall–Kier alpha value is -13.7. The molecular formula is C98H62N2O4. The molecule has 6 heterocycles. The monoisotopic (exact) mass is 1330 g/mol. The molecule has 0 N–H and O–H groups in total. The minimum Gasteiger partial charge on any atom is -0.457 e. The summed E-state index contributed by atoms with van der Waals surface area (Å²) in [7, 11) is 0. The normalized spacial score (nSPS) is 15.3. The molecule has 0 saturated heterocycles. The molecule has 4 aliphatic rings. The van der Waals surface area contributed by atoms with Crippen LogP contribution in [0, 0.1) is 0 Å². The summed E-state index contributed by atoms with van der Waals surface area (Å²) in [6, 6.07) is 134. The summed E-state index contributed by atoms with van der Waals surface area (Å²) in [5.74, 6) is 6.80. The highest BCUT2D eigenvalue weighted by Gasteiger charge is 2.53. The van der Waals surface area contributed by atoms with Gasteiger partial charge in [-0.2, -0.15) is 0 Å². The lowest BCUT2D eigenvalue weighted by Gasteiger charge is -2.45. The van der Waals surface area contributed by atoms with Gasteiger partial charge in [-0.1, -0.05) is 285 Å². The third-order valence-corrected chi connectivity index (χ3v) is 21.8. The molecule has 104 heavy (non-hydrogen) atoms. The van der Waals surface area contributed by atoms with E-state index in [0.717, 1.165) is 135 Å². The zero-order valence-electron chi connectivity index (χ0n) is 56.3. The van der Waals surface area contributed by atoms with E-state index in [9.17, 15) is 0 Å². The SMILES string of the molecule is c1ccc(-c2ccc3c(c2)Oc2ccccc2C32c3ccccc3Oc3cc(-c4cccc5c4c4ccccc4n5-c4ccccc4)ccc32)cc1.c1ccc(-c2cccc3c2Oc2ccccc2C32c3ccccc3Oc3cc(-c4cccc5c4c4ccccc4n5-c4ccccc4)ccc32)cc1. The van der Waals surface area contributed by atoms with Crippen molar-refractivity contribution in [3.63, 3.8) is 0 Å². The van der Waals surface area contributed by atoms with E-state index in [0.29, 0.717) is 0 Å². The van der Waals surface area contributed by atoms with Crippen LogP contribution in [-0.2, 0) is 10.8 Å². The molecule has 0 fully saturated rings. The fourth-order valence-electron chi connectivity index (χ4n) is 17.6. The van der Waals surface area contributed by atoms with Crippen molar-refractivity contribution < 1.29 is 18.9 Å². The molecule has 0 radical (unpaired) electrons. The fourth-order valence-corrected chi connectivity index (χ4v) is 17.6. The first kappa shape index (κ1) is 59.2. The molecule has 2 aromatic heterocycles. The predicted octanol–water partition coefficient (Wildman–Crippen LogP) is 25.4. The first-order valence-corrected chi connectivity index (χ1v) is 35.5. The second-order valence-electron chi connectivity index (χ2n) is 27.2. The van der Waals surface area contributed by atoms with Crippen LogP contribution in [-0.4, -0.2) is 9.13 Å². The molecule has 0 saturated carbocycles. The number of rotatable bonds is 6. The largest absolute Gasteiger partial charge is 0.457 e. The topological polar surface area (TPSA) is 46.8 Å². The van der Waals surface area contributed by atoms with Gasteiger partial charge in [0.2, 0.25) is 0 Å². The zero-order valence-corrected chi connectivity index (χ0v) is 56.3. The number of ether oxygens (including phenoxy) is 4. The Morgan fingerprint density at radius 2 is 0.510 bits per heavy atom. The minimum atomic E-state index is -0.674. The van der Waals surface area contributed by atoms with Crippen LogP contribution in [0.25, 0.3) is 99.5 Å². The Balaban J connectivity index is 0.000000134. The molecule has 4 aliphatic heterocycles. The molecule has 0 aliphatic carbocycles. The average Bonchev–Trinajstić information content (AvgIpc) is 0.997. The number of hydrogen-bond acceptors (Lipinski definition) is 4. The number of benzene rings is 16. The van der Waals surface area contributed by atoms with Crippen molar-refractivity contribution in [2.45, 2.75) is 10.8 Å². The van der Waals surface area contributed by atoms with E-state index in [-0.39, 0.29) is 0 Å². The lowest BCUT2D eigenvalue weighted by molar-refractivity contribution is 0.399. The maximum absolute atomic E-state index is 6.94. The van der Waals surface area contributed by atoms with E-state index in [1.54, 1.807) is 0 Å². The Morgan fingerprint density at radius 3 is 0.971 bits per heavy atom. The second-order valence-corrected chi connectivity index (χ2v) is 27.2. The molecule has 18 aromatic rings. The van der Waals surface area contributed by atoms with E-state index < -0.39 is 10.8 Å². The maximum Gasteiger partial charge on any atom is 0.140 e. The molecule has 488 valence electrons. The maximum atomic E-state index is 6.94. The van der Waals surface area contributed by atoms with E-state index in [4.69, 9.17) is 18.9 Å². The summed E-state index contributed by atoms with van der Waals surface area (Å²) in [4.78, 5) is 0. The van der Waals surface area contributed by atoms with Gasteiger partial charge in [0.25, 0.3) is 0 Å². The number of aromatic nitrogens is 2. The Bertz CT molecular complexity index is 6470. The number of hydrogen-bond donors (Lipinski definition) is 0. The lowest BCUT2D eigenvalue weighted by atomic mass is 9.62. The van der Waals surface area contributed by atoms with Gasteiger partial charge in [-0.25, -0.2) is 0 Å². The standard InChI is InChI=1S/2C49H31NO2/c1-3-15-32(16-4-1)36-21-13-24-41-48(36)52-45-28-12-9-23-39(45)49(41)38-22-8-11-27-44(38)51-46-31-33(29-30-40(46)49)35-20-14-26-43-47(35)37-19-7-10-25-42(37)50(43)34-17-5-2-6-18-34;1-3-14-32(15-4-1)33-26-28-40-46(30-33)51-44-24-11-8-20-38(44)49(40)39-21-9-12-25-45(39)52-47-31-34(27-29-41(47)49)36-19-13-23-43-48(36)37-18-7-10-22-42(37)50(43)35-16-5-2-6-17-35/h2*1-31H. The van der Waals surface area contributed by atoms with Crippen LogP contribution in [0.3, 0.4) is 0 Å². The molecule has 6 nitrogen and oxygen atoms in total. The minimum absolute atomic E-state index is 0.655. The molecule has 6 heteroatoms. The first-order chi connectivity index (χ1) is 51.6.